The molecule has 0 aliphatic carbocycles. The summed E-state index contributed by atoms with van der Waals surface area (Å²) >= 11 is 0. The van der Waals surface area contributed by atoms with Crippen molar-refractivity contribution < 1.29 is 0 Å². The average Bonchev–Trinajstić information content (AvgIpc) is 2.06. The number of hydrogen-bond donors (Lipinski definition) is 0. The zero-order valence-electron chi connectivity index (χ0n) is 10.5. The molecule has 80 valence electrons. The highest BCUT2D eigenvalue weighted by Crippen LogP contribution is 2.29. The number of rotatable bonds is 6. The Hall–Kier alpha value is 0.434. The minimum Gasteiger partial charge on any atom is -0.0696 e. The Morgan fingerprint density at radius 2 is 1.08 bits per heavy atom. The van der Waals surface area contributed by atoms with Gasteiger partial charge < -0.3 is 0 Å². The minimum absolute atomic E-state index is 0.781. The molecule has 0 amide bonds. The van der Waals surface area contributed by atoms with Crippen LogP contribution >= 0.6 is 0 Å². The molecular formula is C11H28Si2. The van der Waals surface area contributed by atoms with Crippen LogP contribution in [0.1, 0.15) is 20.8 Å². The molecule has 0 atom stereocenters. The molecule has 0 aromatic rings. The molecule has 0 unspecified atom stereocenters. The second-order valence-corrected chi connectivity index (χ2v) is 16.9. The summed E-state index contributed by atoms with van der Waals surface area (Å²) < 4.78 is 0. The van der Waals surface area contributed by atoms with Gasteiger partial charge in [0.2, 0.25) is 0 Å². The van der Waals surface area contributed by atoms with E-state index in [0.29, 0.717) is 0 Å². The van der Waals surface area contributed by atoms with E-state index < -0.39 is 16.1 Å². The van der Waals surface area contributed by atoms with E-state index in [4.69, 9.17) is 0 Å². The van der Waals surface area contributed by atoms with Crippen molar-refractivity contribution in [1.29, 1.82) is 0 Å². The Bertz CT molecular complexity index is 123. The van der Waals surface area contributed by atoms with Gasteiger partial charge in [-0.15, -0.1) is 0 Å². The first-order valence-electron chi connectivity index (χ1n) is 5.89. The highest BCUT2D eigenvalue weighted by molar-refractivity contribution is 6.83. The first-order valence-corrected chi connectivity index (χ1v) is 12.4. The summed E-state index contributed by atoms with van der Waals surface area (Å²) in [7, 11) is -1.57. The Balaban J connectivity index is 4.11. The molecule has 0 fully saturated rings. The van der Waals surface area contributed by atoms with Gasteiger partial charge in [0.05, 0.1) is 8.07 Å². The van der Waals surface area contributed by atoms with Crippen LogP contribution in [0.2, 0.25) is 49.9 Å². The van der Waals surface area contributed by atoms with Crippen LogP contribution in [0.15, 0.2) is 0 Å². The van der Waals surface area contributed by atoms with Crippen molar-refractivity contribution >= 4 is 16.1 Å². The molecule has 0 saturated heterocycles. The summed E-state index contributed by atoms with van der Waals surface area (Å²) in [6, 6.07) is 7.68. The fraction of sp³-hybridized carbons (Fsp3) is 1.00. The Morgan fingerprint density at radius 3 is 1.31 bits per heavy atom. The summed E-state index contributed by atoms with van der Waals surface area (Å²) in [5.41, 5.74) is 0. The van der Waals surface area contributed by atoms with Gasteiger partial charge in [-0.3, -0.25) is 0 Å². The predicted molar refractivity (Wildman–Crippen MR) is 70.2 cm³/mol. The summed E-state index contributed by atoms with van der Waals surface area (Å²) in [6.07, 6.45) is 0. The molecule has 0 radical (unpaired) electrons. The molecule has 2 heteroatoms. The van der Waals surface area contributed by atoms with E-state index in [9.17, 15) is 0 Å². The highest BCUT2D eigenvalue weighted by atomic mass is 28.3. The topological polar surface area (TPSA) is 0 Å². The molecule has 0 bridgehead atoms. The van der Waals surface area contributed by atoms with Gasteiger partial charge in [0.1, 0.15) is 0 Å². The summed E-state index contributed by atoms with van der Waals surface area (Å²) in [5.74, 6) is 0. The van der Waals surface area contributed by atoms with Crippen LogP contribution in [0.5, 0.6) is 0 Å². The summed E-state index contributed by atoms with van der Waals surface area (Å²) in [4.78, 5) is 0. The van der Waals surface area contributed by atoms with Gasteiger partial charge in [0, 0.05) is 8.07 Å². The fourth-order valence-electron chi connectivity index (χ4n) is 1.92. The van der Waals surface area contributed by atoms with E-state index >= 15 is 0 Å². The lowest BCUT2D eigenvalue weighted by Crippen LogP contribution is -2.34. The lowest BCUT2D eigenvalue weighted by atomic mass is 10.9. The minimum atomic E-state index is -0.792. The average molecular weight is 217 g/mol. The molecule has 0 aliphatic heterocycles. The van der Waals surface area contributed by atoms with Gasteiger partial charge in [-0.25, -0.2) is 0 Å². The zero-order valence-corrected chi connectivity index (χ0v) is 12.5. The van der Waals surface area contributed by atoms with Crippen molar-refractivity contribution in [3.63, 3.8) is 0 Å². The summed E-state index contributed by atoms with van der Waals surface area (Å²) in [5, 5.41) is 0. The van der Waals surface area contributed by atoms with Crippen molar-refractivity contribution in [3.05, 3.63) is 0 Å². The molecule has 0 aromatic carbocycles. The third kappa shape index (κ3) is 5.01. The molecule has 13 heavy (non-hydrogen) atoms. The van der Waals surface area contributed by atoms with Crippen LogP contribution in [0, 0.1) is 0 Å². The molecule has 0 heterocycles. The van der Waals surface area contributed by atoms with Gasteiger partial charge in [-0.05, 0) is 0 Å². The maximum Gasteiger partial charge on any atom is 0.0524 e. The second kappa shape index (κ2) is 5.35. The van der Waals surface area contributed by atoms with E-state index in [0.717, 1.165) is 0 Å². The molecule has 0 aromatic heterocycles. The van der Waals surface area contributed by atoms with Crippen molar-refractivity contribution in [2.75, 3.05) is 0 Å². The van der Waals surface area contributed by atoms with Crippen LogP contribution in [0.4, 0.5) is 0 Å². The third-order valence-corrected chi connectivity index (χ3v) is 11.7. The lowest BCUT2D eigenvalue weighted by molar-refractivity contribution is 1.10. The first kappa shape index (κ1) is 13.4. The van der Waals surface area contributed by atoms with E-state index in [1.807, 2.05) is 0 Å². The predicted octanol–water partition coefficient (Wildman–Crippen LogP) is 4.83. The maximum absolute atomic E-state index is 2.51. The lowest BCUT2D eigenvalue weighted by Gasteiger charge is -2.30. The van der Waals surface area contributed by atoms with Crippen LogP contribution in [0.25, 0.3) is 0 Å². The largest absolute Gasteiger partial charge is 0.0696 e. The van der Waals surface area contributed by atoms with E-state index in [1.54, 1.807) is 12.1 Å². The van der Waals surface area contributed by atoms with Gasteiger partial charge >= 0.3 is 0 Å². The van der Waals surface area contributed by atoms with Crippen LogP contribution in [-0.2, 0) is 0 Å². The smallest absolute Gasteiger partial charge is 0.0524 e. The Morgan fingerprint density at radius 1 is 0.692 bits per heavy atom. The second-order valence-electron chi connectivity index (χ2n) is 5.62. The highest BCUT2D eigenvalue weighted by Gasteiger charge is 2.28. The third-order valence-electron chi connectivity index (χ3n) is 3.66. The van der Waals surface area contributed by atoms with Crippen molar-refractivity contribution in [2.24, 2.45) is 0 Å². The molecule has 0 N–H and O–H groups in total. The Labute approximate surface area is 87.2 Å². The summed E-state index contributed by atoms with van der Waals surface area (Å²) in [6.45, 7) is 14.8. The van der Waals surface area contributed by atoms with Gasteiger partial charge in [-0.2, -0.15) is 0 Å². The molecular weight excluding hydrogens is 188 g/mol. The standard InChI is InChI=1S/C11H28Si2/c1-7-13(8-2,9-3)11-10-12(4,5)6/h7-11H2,1-6H3. The van der Waals surface area contributed by atoms with Gasteiger partial charge in [0.15, 0.2) is 0 Å². The van der Waals surface area contributed by atoms with Crippen LogP contribution < -0.4 is 0 Å². The van der Waals surface area contributed by atoms with Crippen molar-refractivity contribution in [3.8, 4) is 0 Å². The Kier molecular flexibility index (Phi) is 5.53. The molecule has 0 aliphatic rings. The molecule has 0 saturated carbocycles. The quantitative estimate of drug-likeness (QED) is 0.558. The normalized spacial score (nSPS) is 13.4. The van der Waals surface area contributed by atoms with Crippen LogP contribution in [-0.4, -0.2) is 16.1 Å². The fourth-order valence-corrected chi connectivity index (χ4v) is 9.60. The maximum atomic E-state index is 2.51. The van der Waals surface area contributed by atoms with Crippen LogP contribution in [0.3, 0.4) is 0 Å². The zero-order chi connectivity index (χ0) is 10.5. The van der Waals surface area contributed by atoms with Crippen molar-refractivity contribution in [2.45, 2.75) is 70.6 Å². The van der Waals surface area contributed by atoms with Gasteiger partial charge in [0.25, 0.3) is 0 Å². The van der Waals surface area contributed by atoms with Crippen molar-refractivity contribution in [1.82, 2.24) is 0 Å². The monoisotopic (exact) mass is 216 g/mol. The molecule has 0 nitrogen and oxygen atoms in total. The molecule has 0 spiro atoms. The van der Waals surface area contributed by atoms with E-state index in [1.165, 1.54) is 18.1 Å². The van der Waals surface area contributed by atoms with E-state index in [-0.39, 0.29) is 0 Å². The van der Waals surface area contributed by atoms with E-state index in [2.05, 4.69) is 40.4 Å². The first-order chi connectivity index (χ1) is 5.89. The van der Waals surface area contributed by atoms with Gasteiger partial charge in [-0.1, -0.05) is 70.6 Å². The number of hydrogen-bond acceptors (Lipinski definition) is 0. The molecule has 0 rings (SSSR count). The SMILES string of the molecule is CC[Si](CC)(CC)CC[Si](C)(C)C.